The quantitative estimate of drug-likeness (QED) is 0.844. The van der Waals surface area contributed by atoms with Crippen LogP contribution in [0.2, 0.25) is 0 Å². The van der Waals surface area contributed by atoms with E-state index < -0.39 is 0 Å². The maximum Gasteiger partial charge on any atom is 0.293 e. The first-order valence-corrected chi connectivity index (χ1v) is 8.98. The number of rotatable bonds is 3. The van der Waals surface area contributed by atoms with Gasteiger partial charge in [-0.05, 0) is 25.0 Å². The molecule has 4 rings (SSSR count). The standard InChI is InChI=1S/C18H22N6O3/c1-11-15(4-3-5-19-11)21-17(25)14-9-27-8-12-6-24(7-13(12)14)18(26)16-20-10-23(2)22-16/h3-5,10,12-14H,6-9H2,1-2H3,(H,21,25)/t12-,13-,14-/m1/s1. The molecular formula is C18H22N6O3. The summed E-state index contributed by atoms with van der Waals surface area (Å²) < 4.78 is 7.18. The van der Waals surface area contributed by atoms with Crippen LogP contribution >= 0.6 is 0 Å². The van der Waals surface area contributed by atoms with E-state index in [0.29, 0.717) is 32.0 Å². The Labute approximate surface area is 156 Å². The number of fused-ring (bicyclic) bond motifs is 1. The highest BCUT2D eigenvalue weighted by Crippen LogP contribution is 2.35. The summed E-state index contributed by atoms with van der Waals surface area (Å²) in [6.45, 7) is 3.83. The molecule has 1 N–H and O–H groups in total. The molecule has 2 aromatic rings. The minimum atomic E-state index is -0.308. The zero-order valence-corrected chi connectivity index (χ0v) is 15.3. The van der Waals surface area contributed by atoms with Gasteiger partial charge in [0.1, 0.15) is 6.33 Å². The average molecular weight is 370 g/mol. The van der Waals surface area contributed by atoms with Gasteiger partial charge >= 0.3 is 0 Å². The molecule has 27 heavy (non-hydrogen) atoms. The fourth-order valence-electron chi connectivity index (χ4n) is 3.86. The summed E-state index contributed by atoms with van der Waals surface area (Å²) in [4.78, 5) is 35.5. The van der Waals surface area contributed by atoms with Gasteiger partial charge in [-0.25, -0.2) is 4.98 Å². The van der Waals surface area contributed by atoms with Crippen molar-refractivity contribution < 1.29 is 14.3 Å². The lowest BCUT2D eigenvalue weighted by atomic mass is 9.82. The van der Waals surface area contributed by atoms with E-state index in [2.05, 4.69) is 20.4 Å². The van der Waals surface area contributed by atoms with Crippen molar-refractivity contribution in [1.29, 1.82) is 0 Å². The molecule has 0 unspecified atom stereocenters. The number of pyridine rings is 1. The number of carbonyl (C=O) groups excluding carboxylic acids is 2. The number of ether oxygens (including phenoxy) is 1. The summed E-state index contributed by atoms with van der Waals surface area (Å²) in [6, 6.07) is 3.62. The van der Waals surface area contributed by atoms with Crippen LogP contribution in [-0.2, 0) is 16.6 Å². The van der Waals surface area contributed by atoms with Gasteiger partial charge < -0.3 is 15.0 Å². The Balaban J connectivity index is 1.47. The van der Waals surface area contributed by atoms with Gasteiger partial charge in [0.25, 0.3) is 5.91 Å². The molecule has 2 fully saturated rings. The third-order valence-electron chi connectivity index (χ3n) is 5.32. The lowest BCUT2D eigenvalue weighted by Gasteiger charge is -2.31. The van der Waals surface area contributed by atoms with Crippen LogP contribution < -0.4 is 5.32 Å². The number of hydrogen-bond donors (Lipinski definition) is 1. The summed E-state index contributed by atoms with van der Waals surface area (Å²) >= 11 is 0. The molecule has 0 aliphatic carbocycles. The van der Waals surface area contributed by atoms with Gasteiger partial charge in [0.05, 0.1) is 30.5 Å². The molecule has 3 atom stereocenters. The molecule has 2 aliphatic heterocycles. The van der Waals surface area contributed by atoms with Crippen LogP contribution in [0.25, 0.3) is 0 Å². The predicted molar refractivity (Wildman–Crippen MR) is 95.8 cm³/mol. The van der Waals surface area contributed by atoms with Crippen LogP contribution in [0.4, 0.5) is 5.69 Å². The Kier molecular flexibility index (Phi) is 4.61. The van der Waals surface area contributed by atoms with E-state index in [9.17, 15) is 9.59 Å². The number of amides is 2. The summed E-state index contributed by atoms with van der Waals surface area (Å²) in [5.74, 6) is -0.222. The number of nitrogens with one attached hydrogen (secondary N) is 1. The number of nitrogens with zero attached hydrogens (tertiary/aromatic N) is 5. The Morgan fingerprint density at radius 2 is 2.11 bits per heavy atom. The van der Waals surface area contributed by atoms with E-state index in [4.69, 9.17) is 4.74 Å². The molecule has 2 aromatic heterocycles. The van der Waals surface area contributed by atoms with Crippen molar-refractivity contribution in [1.82, 2.24) is 24.6 Å². The van der Waals surface area contributed by atoms with Gasteiger partial charge in [0, 0.05) is 32.3 Å². The second-order valence-electron chi connectivity index (χ2n) is 7.15. The molecule has 2 saturated heterocycles. The normalized spacial score (nSPS) is 24.5. The number of likely N-dealkylation sites (tertiary alicyclic amines) is 1. The molecule has 142 valence electrons. The second kappa shape index (κ2) is 7.07. The molecule has 2 amide bonds. The minimum Gasteiger partial charge on any atom is -0.380 e. The first kappa shape index (κ1) is 17.6. The number of aromatic nitrogens is 4. The van der Waals surface area contributed by atoms with Gasteiger partial charge in [0.2, 0.25) is 11.7 Å². The second-order valence-corrected chi connectivity index (χ2v) is 7.15. The van der Waals surface area contributed by atoms with Crippen molar-refractivity contribution in [2.24, 2.45) is 24.8 Å². The highest BCUT2D eigenvalue weighted by atomic mass is 16.5. The Hall–Kier alpha value is -2.81. The van der Waals surface area contributed by atoms with Crippen molar-refractivity contribution in [2.75, 3.05) is 31.6 Å². The molecule has 0 bridgehead atoms. The van der Waals surface area contributed by atoms with Gasteiger partial charge in [-0.2, -0.15) is 0 Å². The number of anilines is 1. The third-order valence-corrected chi connectivity index (χ3v) is 5.32. The number of hydrogen-bond acceptors (Lipinski definition) is 6. The smallest absolute Gasteiger partial charge is 0.293 e. The Bertz CT molecular complexity index is 866. The largest absolute Gasteiger partial charge is 0.380 e. The number of carbonyl (C=O) groups is 2. The zero-order valence-electron chi connectivity index (χ0n) is 15.3. The highest BCUT2D eigenvalue weighted by Gasteiger charge is 2.45. The van der Waals surface area contributed by atoms with Crippen molar-refractivity contribution in [2.45, 2.75) is 6.92 Å². The molecule has 0 saturated carbocycles. The number of aryl methyl sites for hydroxylation is 2. The van der Waals surface area contributed by atoms with E-state index in [-0.39, 0.29) is 35.4 Å². The molecule has 0 spiro atoms. The van der Waals surface area contributed by atoms with Crippen LogP contribution in [0.5, 0.6) is 0 Å². The third kappa shape index (κ3) is 3.42. The van der Waals surface area contributed by atoms with Crippen molar-refractivity contribution in [3.8, 4) is 0 Å². The van der Waals surface area contributed by atoms with Crippen LogP contribution in [0.1, 0.15) is 16.3 Å². The fourth-order valence-corrected chi connectivity index (χ4v) is 3.86. The van der Waals surface area contributed by atoms with Crippen LogP contribution in [0, 0.1) is 24.7 Å². The topological polar surface area (TPSA) is 102 Å². The van der Waals surface area contributed by atoms with Gasteiger partial charge in [-0.15, -0.1) is 5.10 Å². The molecule has 9 nitrogen and oxygen atoms in total. The maximum atomic E-state index is 12.9. The van der Waals surface area contributed by atoms with Gasteiger partial charge in [-0.3, -0.25) is 19.3 Å². The van der Waals surface area contributed by atoms with E-state index in [0.717, 1.165) is 5.69 Å². The minimum absolute atomic E-state index is 0.0587. The van der Waals surface area contributed by atoms with Crippen LogP contribution in [0.15, 0.2) is 24.7 Å². The van der Waals surface area contributed by atoms with Crippen LogP contribution in [-0.4, -0.2) is 62.8 Å². The highest BCUT2D eigenvalue weighted by molar-refractivity contribution is 5.94. The Morgan fingerprint density at radius 1 is 1.26 bits per heavy atom. The molecular weight excluding hydrogens is 348 g/mol. The zero-order chi connectivity index (χ0) is 19.0. The van der Waals surface area contributed by atoms with Crippen molar-refractivity contribution in [3.63, 3.8) is 0 Å². The van der Waals surface area contributed by atoms with E-state index in [1.807, 2.05) is 13.0 Å². The molecule has 9 heteroatoms. The molecule has 0 radical (unpaired) electrons. The van der Waals surface area contributed by atoms with Crippen molar-refractivity contribution >= 4 is 17.5 Å². The van der Waals surface area contributed by atoms with Gasteiger partial charge in [-0.1, -0.05) is 0 Å². The molecule has 2 aliphatic rings. The first-order chi connectivity index (χ1) is 13.0. The van der Waals surface area contributed by atoms with Crippen molar-refractivity contribution in [3.05, 3.63) is 36.2 Å². The lowest BCUT2D eigenvalue weighted by molar-refractivity contribution is -0.128. The monoisotopic (exact) mass is 370 g/mol. The molecule has 4 heterocycles. The summed E-state index contributed by atoms with van der Waals surface area (Å²) in [5.41, 5.74) is 1.47. The summed E-state index contributed by atoms with van der Waals surface area (Å²) in [5, 5.41) is 7.05. The van der Waals surface area contributed by atoms with Gasteiger partial charge in [0.15, 0.2) is 0 Å². The maximum absolute atomic E-state index is 12.9. The Morgan fingerprint density at radius 3 is 2.85 bits per heavy atom. The van der Waals surface area contributed by atoms with E-state index in [1.54, 1.807) is 24.2 Å². The van der Waals surface area contributed by atoms with E-state index in [1.165, 1.54) is 11.0 Å². The predicted octanol–water partition coefficient (Wildman–Crippen LogP) is 0.492. The molecule has 0 aromatic carbocycles. The average Bonchev–Trinajstić information content (AvgIpc) is 3.28. The SMILES string of the molecule is Cc1ncccc1NC(=O)[C@@H]1COC[C@H]2CN(C(=O)c3ncn(C)n3)C[C@H]21. The lowest BCUT2D eigenvalue weighted by Crippen LogP contribution is -2.42. The fraction of sp³-hybridized carbons (Fsp3) is 0.500. The van der Waals surface area contributed by atoms with E-state index >= 15 is 0 Å². The summed E-state index contributed by atoms with van der Waals surface area (Å²) in [7, 11) is 1.72. The summed E-state index contributed by atoms with van der Waals surface area (Å²) in [6.07, 6.45) is 3.20. The van der Waals surface area contributed by atoms with Crippen LogP contribution in [0.3, 0.4) is 0 Å². The first-order valence-electron chi connectivity index (χ1n) is 8.98.